The molecule has 0 spiro atoms. The van der Waals surface area contributed by atoms with Gasteiger partial charge < -0.3 is 4.74 Å². The SMILES string of the molecule is c1ccc(C2(c3ccccc3-c3cccc(-c4ccc5ccc6cccnc6c5n4)c3)c3ccccc3Oc3ccccc32)cc1. The molecule has 9 rings (SSSR count). The molecular weight excluding hydrogens is 560 g/mol. The molecule has 0 radical (unpaired) electrons. The number of benzene rings is 6. The van der Waals surface area contributed by atoms with Gasteiger partial charge in [0.2, 0.25) is 0 Å². The van der Waals surface area contributed by atoms with Gasteiger partial charge in [-0.1, -0.05) is 133 Å². The number of rotatable bonds is 4. The van der Waals surface area contributed by atoms with Crippen LogP contribution in [0.25, 0.3) is 44.2 Å². The molecule has 3 heterocycles. The molecule has 3 heteroatoms. The summed E-state index contributed by atoms with van der Waals surface area (Å²) in [7, 11) is 0. The van der Waals surface area contributed by atoms with Crippen molar-refractivity contribution in [2.24, 2.45) is 0 Å². The van der Waals surface area contributed by atoms with E-state index in [2.05, 4.69) is 151 Å². The van der Waals surface area contributed by atoms with Crippen molar-refractivity contribution < 1.29 is 4.74 Å². The Labute approximate surface area is 267 Å². The molecular formula is C43H28N2O. The number of hydrogen-bond acceptors (Lipinski definition) is 3. The van der Waals surface area contributed by atoms with Crippen molar-refractivity contribution in [3.63, 3.8) is 0 Å². The van der Waals surface area contributed by atoms with Crippen LogP contribution in [0.5, 0.6) is 11.5 Å². The van der Waals surface area contributed by atoms with Crippen LogP contribution in [-0.4, -0.2) is 9.97 Å². The molecule has 8 aromatic rings. The van der Waals surface area contributed by atoms with E-state index in [1.54, 1.807) is 0 Å². The number of para-hydroxylation sites is 2. The molecule has 0 saturated carbocycles. The summed E-state index contributed by atoms with van der Waals surface area (Å²) in [5.74, 6) is 1.74. The summed E-state index contributed by atoms with van der Waals surface area (Å²) in [5.41, 5.74) is 10.1. The topological polar surface area (TPSA) is 35.0 Å². The highest BCUT2D eigenvalue weighted by Gasteiger charge is 2.46. The molecule has 0 saturated heterocycles. The Morgan fingerprint density at radius 1 is 0.457 bits per heavy atom. The van der Waals surface area contributed by atoms with E-state index in [-0.39, 0.29) is 0 Å². The zero-order chi connectivity index (χ0) is 30.5. The van der Waals surface area contributed by atoms with Crippen molar-refractivity contribution in [1.29, 1.82) is 0 Å². The van der Waals surface area contributed by atoms with Gasteiger partial charge in [-0.15, -0.1) is 0 Å². The van der Waals surface area contributed by atoms with Crippen LogP contribution in [0.2, 0.25) is 0 Å². The average molecular weight is 589 g/mol. The molecule has 0 amide bonds. The van der Waals surface area contributed by atoms with Gasteiger partial charge in [-0.25, -0.2) is 4.98 Å². The third-order valence-electron chi connectivity index (χ3n) is 9.24. The number of pyridine rings is 2. The van der Waals surface area contributed by atoms with Gasteiger partial charge in [0.15, 0.2) is 0 Å². The Morgan fingerprint density at radius 3 is 1.87 bits per heavy atom. The number of aromatic nitrogens is 2. The summed E-state index contributed by atoms with van der Waals surface area (Å²) < 4.78 is 6.55. The summed E-state index contributed by atoms with van der Waals surface area (Å²) in [5, 5.41) is 2.17. The van der Waals surface area contributed by atoms with E-state index in [1.165, 1.54) is 11.1 Å². The standard InChI is InChI=1S/C43H28N2O/c1-2-15-33(16-3-1)43(36-19-6-8-21-39(36)46-40-22-9-7-20-37(40)43)35-18-5-4-17-34(35)31-12-10-13-32(28-31)38-26-25-30-24-23-29-14-11-27-44-41(29)42(30)45-38/h1-28H. The number of ether oxygens (including phenoxy) is 1. The van der Waals surface area contributed by atoms with Gasteiger partial charge in [0, 0.05) is 33.7 Å². The van der Waals surface area contributed by atoms with Crippen LogP contribution in [0.4, 0.5) is 0 Å². The quantitative estimate of drug-likeness (QED) is 0.192. The Morgan fingerprint density at radius 2 is 1.09 bits per heavy atom. The molecule has 6 aromatic carbocycles. The van der Waals surface area contributed by atoms with Gasteiger partial charge in [-0.05, 0) is 52.6 Å². The fourth-order valence-electron chi connectivity index (χ4n) is 7.23. The third-order valence-corrected chi connectivity index (χ3v) is 9.24. The van der Waals surface area contributed by atoms with E-state index in [9.17, 15) is 0 Å². The van der Waals surface area contributed by atoms with E-state index in [4.69, 9.17) is 9.72 Å². The first-order valence-electron chi connectivity index (χ1n) is 15.6. The fraction of sp³-hybridized carbons (Fsp3) is 0.0233. The Kier molecular flexibility index (Phi) is 6.04. The summed E-state index contributed by atoms with van der Waals surface area (Å²) >= 11 is 0. The maximum absolute atomic E-state index is 6.55. The molecule has 1 aliphatic rings. The second kappa shape index (κ2) is 10.5. The molecule has 0 bridgehead atoms. The maximum Gasteiger partial charge on any atom is 0.132 e. The summed E-state index contributed by atoms with van der Waals surface area (Å²) in [6.45, 7) is 0. The van der Waals surface area contributed by atoms with E-state index < -0.39 is 5.41 Å². The zero-order valence-electron chi connectivity index (χ0n) is 25.0. The number of nitrogens with zero attached hydrogens (tertiary/aromatic N) is 2. The lowest BCUT2D eigenvalue weighted by Crippen LogP contribution is -2.34. The van der Waals surface area contributed by atoms with Crippen LogP contribution >= 0.6 is 0 Å². The molecule has 0 atom stereocenters. The maximum atomic E-state index is 6.55. The Balaban J connectivity index is 1.29. The first kappa shape index (κ1) is 26.4. The van der Waals surface area contributed by atoms with Crippen LogP contribution in [0, 0.1) is 0 Å². The van der Waals surface area contributed by atoms with E-state index in [1.807, 2.05) is 24.4 Å². The average Bonchev–Trinajstić information content (AvgIpc) is 3.14. The zero-order valence-corrected chi connectivity index (χ0v) is 25.0. The molecule has 0 fully saturated rings. The van der Waals surface area contributed by atoms with Crippen LogP contribution in [-0.2, 0) is 5.41 Å². The first-order valence-corrected chi connectivity index (χ1v) is 15.6. The minimum atomic E-state index is -0.606. The minimum Gasteiger partial charge on any atom is -0.457 e. The Hall–Kier alpha value is -6.06. The summed E-state index contributed by atoms with van der Waals surface area (Å²) in [4.78, 5) is 9.84. The van der Waals surface area contributed by atoms with Crippen LogP contribution in [0.1, 0.15) is 22.3 Å². The molecule has 0 N–H and O–H groups in total. The normalized spacial score (nSPS) is 13.1. The molecule has 216 valence electrons. The van der Waals surface area contributed by atoms with Gasteiger partial charge in [0.1, 0.15) is 11.5 Å². The van der Waals surface area contributed by atoms with E-state index in [0.717, 1.165) is 66.8 Å². The second-order valence-electron chi connectivity index (χ2n) is 11.7. The van der Waals surface area contributed by atoms with E-state index >= 15 is 0 Å². The van der Waals surface area contributed by atoms with Gasteiger partial charge >= 0.3 is 0 Å². The predicted molar refractivity (Wildman–Crippen MR) is 186 cm³/mol. The fourth-order valence-corrected chi connectivity index (χ4v) is 7.23. The summed E-state index contributed by atoms with van der Waals surface area (Å²) in [6.07, 6.45) is 1.84. The third kappa shape index (κ3) is 3.99. The molecule has 0 aliphatic carbocycles. The minimum absolute atomic E-state index is 0.606. The smallest absolute Gasteiger partial charge is 0.132 e. The largest absolute Gasteiger partial charge is 0.457 e. The van der Waals surface area contributed by atoms with Crippen molar-refractivity contribution in [1.82, 2.24) is 9.97 Å². The molecule has 1 aliphatic heterocycles. The van der Waals surface area contributed by atoms with Crippen molar-refractivity contribution in [3.8, 4) is 33.9 Å². The Bertz CT molecular complexity index is 2370. The highest BCUT2D eigenvalue weighted by Crippen LogP contribution is 2.56. The lowest BCUT2D eigenvalue weighted by molar-refractivity contribution is 0.434. The molecule has 0 unspecified atom stereocenters. The first-order chi connectivity index (χ1) is 22.8. The van der Waals surface area contributed by atoms with E-state index in [0.29, 0.717) is 0 Å². The van der Waals surface area contributed by atoms with Crippen molar-refractivity contribution in [2.75, 3.05) is 0 Å². The van der Waals surface area contributed by atoms with Crippen LogP contribution in [0.15, 0.2) is 170 Å². The van der Waals surface area contributed by atoms with Crippen molar-refractivity contribution in [2.45, 2.75) is 5.41 Å². The number of hydrogen-bond donors (Lipinski definition) is 0. The van der Waals surface area contributed by atoms with Gasteiger partial charge in [-0.2, -0.15) is 0 Å². The number of fused-ring (bicyclic) bond motifs is 5. The van der Waals surface area contributed by atoms with Crippen LogP contribution < -0.4 is 4.74 Å². The lowest BCUT2D eigenvalue weighted by atomic mass is 9.62. The van der Waals surface area contributed by atoms with Gasteiger partial charge in [-0.3, -0.25) is 4.98 Å². The summed E-state index contributed by atoms with van der Waals surface area (Å²) in [6, 6.07) is 57.8. The van der Waals surface area contributed by atoms with Gasteiger partial charge in [0.05, 0.1) is 22.1 Å². The lowest BCUT2D eigenvalue weighted by Gasteiger charge is -2.42. The second-order valence-corrected chi connectivity index (χ2v) is 11.7. The monoisotopic (exact) mass is 588 g/mol. The van der Waals surface area contributed by atoms with Gasteiger partial charge in [0.25, 0.3) is 0 Å². The molecule has 46 heavy (non-hydrogen) atoms. The molecule has 3 nitrogen and oxygen atoms in total. The van der Waals surface area contributed by atoms with Crippen molar-refractivity contribution in [3.05, 3.63) is 192 Å². The predicted octanol–water partition coefficient (Wildman–Crippen LogP) is 10.6. The molecule has 2 aromatic heterocycles. The highest BCUT2D eigenvalue weighted by atomic mass is 16.5. The highest BCUT2D eigenvalue weighted by molar-refractivity contribution is 6.03. The van der Waals surface area contributed by atoms with Crippen LogP contribution in [0.3, 0.4) is 0 Å². The van der Waals surface area contributed by atoms with Crippen molar-refractivity contribution >= 4 is 21.8 Å².